The summed E-state index contributed by atoms with van der Waals surface area (Å²) >= 11 is 0. The lowest BCUT2D eigenvalue weighted by atomic mass is 9.66. The van der Waals surface area contributed by atoms with Gasteiger partial charge in [-0.2, -0.15) is 0 Å². The van der Waals surface area contributed by atoms with Crippen molar-refractivity contribution in [2.45, 2.75) is 18.5 Å². The molecule has 0 saturated heterocycles. The van der Waals surface area contributed by atoms with Crippen LogP contribution < -0.4 is 20.2 Å². The molecular weight excluding hydrogens is 765 g/mol. The molecule has 0 aromatic heterocycles. The van der Waals surface area contributed by atoms with E-state index in [0.717, 1.165) is 34.1 Å². The van der Waals surface area contributed by atoms with Gasteiger partial charge in [0.2, 0.25) is 0 Å². The van der Waals surface area contributed by atoms with Crippen LogP contribution in [-0.4, -0.2) is 8.07 Å². The Morgan fingerprint density at radius 2 is 0.742 bits per heavy atom. The maximum Gasteiger partial charge on any atom is 0.113 e. The number of para-hydroxylation sites is 4. The zero-order chi connectivity index (χ0) is 41.4. The lowest BCUT2D eigenvalue weighted by molar-refractivity contribution is 0.780. The van der Waals surface area contributed by atoms with Gasteiger partial charge in [0.05, 0.1) is 5.41 Å². The van der Waals surface area contributed by atoms with Gasteiger partial charge in [-0.1, -0.05) is 171 Å². The first kappa shape index (κ1) is 36.4. The predicted octanol–water partition coefficient (Wildman–Crippen LogP) is 14.4. The lowest BCUT2D eigenvalue weighted by Crippen LogP contribution is -2.63. The Hall–Kier alpha value is -7.46. The largest absolute Gasteiger partial charge is 0.310 e. The van der Waals surface area contributed by atoms with Crippen LogP contribution in [0.5, 0.6) is 0 Å². The fourth-order valence-corrected chi connectivity index (χ4v) is 14.3. The monoisotopic (exact) mass is 808 g/mol. The van der Waals surface area contributed by atoms with Gasteiger partial charge >= 0.3 is 0 Å². The average molecular weight is 809 g/mol. The van der Waals surface area contributed by atoms with E-state index in [0.29, 0.717) is 0 Å². The topological polar surface area (TPSA) is 6.48 Å². The van der Waals surface area contributed by atoms with Crippen molar-refractivity contribution in [1.82, 2.24) is 0 Å². The summed E-state index contributed by atoms with van der Waals surface area (Å²) in [4.78, 5) is 4.81. The normalized spacial score (nSPS) is 13.9. The van der Waals surface area contributed by atoms with Crippen molar-refractivity contribution in [2.75, 3.05) is 9.80 Å². The van der Waals surface area contributed by atoms with Gasteiger partial charge in [-0.3, -0.25) is 0 Å². The molecule has 0 N–H and O–H groups in total. The zero-order valence-corrected chi connectivity index (χ0v) is 35.8. The molecule has 1 heterocycles. The van der Waals surface area contributed by atoms with E-state index in [4.69, 9.17) is 0 Å². The number of rotatable bonds is 6. The van der Waals surface area contributed by atoms with Gasteiger partial charge in [-0.25, -0.2) is 0 Å². The summed E-state index contributed by atoms with van der Waals surface area (Å²) < 4.78 is 0. The molecule has 1 aliphatic carbocycles. The smallest absolute Gasteiger partial charge is 0.113 e. The van der Waals surface area contributed by atoms with Crippen LogP contribution in [0.4, 0.5) is 34.1 Å². The molecular formula is C59H44N2Si. The minimum absolute atomic E-state index is 0.586. The highest BCUT2D eigenvalue weighted by Crippen LogP contribution is 2.62. The number of anilines is 6. The molecule has 2 aliphatic rings. The van der Waals surface area contributed by atoms with Gasteiger partial charge in [0.25, 0.3) is 0 Å². The maximum absolute atomic E-state index is 2.55. The van der Waals surface area contributed by atoms with E-state index >= 15 is 0 Å². The third-order valence-electron chi connectivity index (χ3n) is 13.6. The molecule has 294 valence electrons. The van der Waals surface area contributed by atoms with Crippen LogP contribution in [-0.2, 0) is 5.41 Å². The van der Waals surface area contributed by atoms with Crippen LogP contribution in [0.2, 0.25) is 13.1 Å². The van der Waals surface area contributed by atoms with Crippen LogP contribution in [0, 0.1) is 0 Å². The van der Waals surface area contributed by atoms with Crippen molar-refractivity contribution in [3.8, 4) is 11.1 Å². The number of benzene rings is 10. The van der Waals surface area contributed by atoms with E-state index in [-0.39, 0.29) is 0 Å². The first-order chi connectivity index (χ1) is 30.5. The number of fused-ring (bicyclic) bond motifs is 14. The van der Waals surface area contributed by atoms with Crippen LogP contribution in [0.1, 0.15) is 22.3 Å². The number of hydrogen-bond donors (Lipinski definition) is 0. The molecule has 62 heavy (non-hydrogen) atoms. The van der Waals surface area contributed by atoms with E-state index in [1.165, 1.54) is 65.3 Å². The molecule has 0 fully saturated rings. The van der Waals surface area contributed by atoms with Crippen molar-refractivity contribution < 1.29 is 0 Å². The van der Waals surface area contributed by atoms with Gasteiger partial charge in [0.15, 0.2) is 0 Å². The third kappa shape index (κ3) is 5.22. The van der Waals surface area contributed by atoms with Crippen molar-refractivity contribution in [2.24, 2.45) is 0 Å². The molecule has 0 radical (unpaired) electrons. The molecule has 12 rings (SSSR count). The Kier molecular flexibility index (Phi) is 8.25. The molecule has 0 atom stereocenters. The van der Waals surface area contributed by atoms with Crippen LogP contribution in [0.15, 0.2) is 231 Å². The van der Waals surface area contributed by atoms with Gasteiger partial charge in [0, 0.05) is 34.1 Å². The number of hydrogen-bond acceptors (Lipinski definition) is 2. The molecule has 10 aromatic rings. The Morgan fingerprint density at radius 3 is 1.26 bits per heavy atom. The van der Waals surface area contributed by atoms with E-state index < -0.39 is 13.5 Å². The van der Waals surface area contributed by atoms with Gasteiger partial charge in [-0.15, -0.1) is 0 Å². The fourth-order valence-electron chi connectivity index (χ4n) is 11.1. The maximum atomic E-state index is 2.55. The summed E-state index contributed by atoms with van der Waals surface area (Å²) in [5.41, 5.74) is 14.4. The first-order valence-corrected chi connectivity index (χ1v) is 24.7. The highest BCUT2D eigenvalue weighted by atomic mass is 28.3. The second kappa shape index (κ2) is 14.1. The third-order valence-corrected chi connectivity index (χ3v) is 17.2. The summed E-state index contributed by atoms with van der Waals surface area (Å²) in [6, 6.07) is 85.7. The minimum Gasteiger partial charge on any atom is -0.310 e. The van der Waals surface area contributed by atoms with Crippen molar-refractivity contribution in [1.29, 1.82) is 0 Å². The molecule has 3 heteroatoms. The van der Waals surface area contributed by atoms with Crippen LogP contribution in [0.25, 0.3) is 32.7 Å². The predicted molar refractivity (Wildman–Crippen MR) is 265 cm³/mol. The van der Waals surface area contributed by atoms with Crippen LogP contribution in [0.3, 0.4) is 0 Å². The van der Waals surface area contributed by atoms with E-state index in [1.54, 1.807) is 0 Å². The molecule has 0 amide bonds. The van der Waals surface area contributed by atoms with E-state index in [2.05, 4.69) is 253 Å². The summed E-state index contributed by atoms with van der Waals surface area (Å²) in [7, 11) is -2.15. The quantitative estimate of drug-likeness (QED) is 0.122. The Labute approximate surface area is 364 Å². The van der Waals surface area contributed by atoms with Crippen molar-refractivity contribution >= 4 is 74.1 Å². The molecule has 2 nitrogen and oxygen atoms in total. The van der Waals surface area contributed by atoms with Gasteiger partial charge in [0.1, 0.15) is 8.07 Å². The Morgan fingerprint density at radius 1 is 0.323 bits per heavy atom. The highest BCUT2D eigenvalue weighted by Gasteiger charge is 2.55. The van der Waals surface area contributed by atoms with E-state index in [9.17, 15) is 0 Å². The van der Waals surface area contributed by atoms with Gasteiger partial charge in [-0.05, 0) is 138 Å². The SMILES string of the molecule is C[Si]1(C)c2ccccc2C2(c3cc(N(c4ccccc4)c4ccccc4)ccc3-c3c2c2ccc(N(c4ccccc4)c4ccccc4)cc2c2ccccc32)c2ccccc21. The lowest BCUT2D eigenvalue weighted by Gasteiger charge is -2.46. The van der Waals surface area contributed by atoms with E-state index in [1.807, 2.05) is 0 Å². The molecule has 0 unspecified atom stereocenters. The molecule has 10 aromatic carbocycles. The second-order valence-corrected chi connectivity index (χ2v) is 21.6. The average Bonchev–Trinajstić information content (AvgIpc) is 3.64. The summed E-state index contributed by atoms with van der Waals surface area (Å²) in [6.07, 6.45) is 0. The zero-order valence-electron chi connectivity index (χ0n) is 34.8. The Balaban J connectivity index is 1.22. The Bertz CT molecular complexity index is 3200. The molecule has 0 saturated carbocycles. The van der Waals surface area contributed by atoms with Crippen LogP contribution >= 0.6 is 0 Å². The highest BCUT2D eigenvalue weighted by molar-refractivity contribution is 7.01. The minimum atomic E-state index is -2.15. The molecule has 1 spiro atoms. The second-order valence-electron chi connectivity index (χ2n) is 17.2. The fraction of sp³-hybridized carbons (Fsp3) is 0.0508. The first-order valence-electron chi connectivity index (χ1n) is 21.7. The standard InChI is InChI=1S/C59H44N2Si/c1-62(2)55-33-19-17-31-52(55)59(53-32-18-20-34-56(53)62)54-40-46(61(43-25-11-5-12-26-43)44-27-13-6-14-28-44)36-38-50(54)57-48-30-16-15-29-47(48)51-39-45(35-37-49(51)58(57)59)60(41-21-7-3-8-22-41)42-23-9-4-10-24-42/h3-40H,1-2H3. The number of nitrogens with zero attached hydrogens (tertiary/aromatic N) is 2. The molecule has 1 aliphatic heterocycles. The summed E-state index contributed by atoms with van der Waals surface area (Å²) in [6.45, 7) is 5.09. The summed E-state index contributed by atoms with van der Waals surface area (Å²) in [5, 5.41) is 8.09. The van der Waals surface area contributed by atoms with Crippen molar-refractivity contribution in [3.63, 3.8) is 0 Å². The van der Waals surface area contributed by atoms with Gasteiger partial charge < -0.3 is 9.80 Å². The molecule has 0 bridgehead atoms. The van der Waals surface area contributed by atoms with Crippen molar-refractivity contribution in [3.05, 3.63) is 253 Å². The summed E-state index contributed by atoms with van der Waals surface area (Å²) in [5.74, 6) is 0.